The Balaban J connectivity index is 1.55. The number of carbonyl (C=O) groups excluding carboxylic acids is 1. The molecule has 0 heterocycles. The first kappa shape index (κ1) is 23.4. The first-order chi connectivity index (χ1) is 15.4. The number of benzene rings is 3. The van der Waals surface area contributed by atoms with Gasteiger partial charge in [-0.25, -0.2) is 17.5 Å². The molecule has 0 bridgehead atoms. The van der Waals surface area contributed by atoms with Crippen LogP contribution in [0.15, 0.2) is 77.7 Å². The maximum absolute atomic E-state index is 13.5. The van der Waals surface area contributed by atoms with Crippen molar-refractivity contribution in [3.05, 3.63) is 95.3 Å². The second-order valence-electron chi connectivity index (χ2n) is 7.18. The average molecular weight is 457 g/mol. The Morgan fingerprint density at radius 2 is 1.72 bits per heavy atom. The van der Waals surface area contributed by atoms with Gasteiger partial charge in [-0.05, 0) is 48.7 Å². The topological polar surface area (TPSA) is 84.5 Å². The van der Waals surface area contributed by atoms with Gasteiger partial charge in [0.15, 0.2) is 11.6 Å². The van der Waals surface area contributed by atoms with E-state index in [2.05, 4.69) is 10.0 Å². The summed E-state index contributed by atoms with van der Waals surface area (Å²) in [6.45, 7) is 2.37. The standard InChI is InChI=1S/C24H25FN2O4S/c1-18-12-13-20(16-23(18)32(29,30)27-17-19-8-3-2-4-9-19)24(28)26-14-7-15-31-22-11-6-5-10-21(22)25/h2-6,8-13,16,27H,7,14-15,17H2,1H3,(H,26,28). The van der Waals surface area contributed by atoms with Crippen molar-refractivity contribution in [2.24, 2.45) is 0 Å². The predicted octanol–water partition coefficient (Wildman–Crippen LogP) is 3.81. The van der Waals surface area contributed by atoms with E-state index in [-0.39, 0.29) is 29.4 Å². The van der Waals surface area contributed by atoms with E-state index in [9.17, 15) is 17.6 Å². The Kier molecular flexibility index (Phi) is 7.97. The summed E-state index contributed by atoms with van der Waals surface area (Å²) in [6, 6.07) is 19.8. The lowest BCUT2D eigenvalue weighted by Gasteiger charge is -2.12. The molecule has 0 spiro atoms. The lowest BCUT2D eigenvalue weighted by Crippen LogP contribution is -2.27. The quantitative estimate of drug-likeness (QED) is 0.455. The number of sulfonamides is 1. The molecule has 0 aromatic heterocycles. The van der Waals surface area contributed by atoms with Crippen LogP contribution in [-0.2, 0) is 16.6 Å². The predicted molar refractivity (Wildman–Crippen MR) is 120 cm³/mol. The van der Waals surface area contributed by atoms with Crippen LogP contribution in [0.25, 0.3) is 0 Å². The molecule has 3 aromatic carbocycles. The molecule has 2 N–H and O–H groups in total. The number of amides is 1. The number of hydrogen-bond donors (Lipinski definition) is 2. The third-order valence-corrected chi connectivity index (χ3v) is 6.29. The normalized spacial score (nSPS) is 11.2. The lowest BCUT2D eigenvalue weighted by molar-refractivity contribution is 0.0951. The zero-order chi connectivity index (χ0) is 23.0. The molecule has 6 nitrogen and oxygen atoms in total. The molecule has 0 saturated carbocycles. The molecule has 0 fully saturated rings. The van der Waals surface area contributed by atoms with Crippen LogP contribution >= 0.6 is 0 Å². The summed E-state index contributed by atoms with van der Waals surface area (Å²) in [5.41, 5.74) is 1.62. The fraction of sp³-hybridized carbons (Fsp3) is 0.208. The second kappa shape index (κ2) is 10.9. The smallest absolute Gasteiger partial charge is 0.251 e. The van der Waals surface area contributed by atoms with E-state index in [1.165, 1.54) is 18.2 Å². The summed E-state index contributed by atoms with van der Waals surface area (Å²) in [5, 5.41) is 2.73. The monoisotopic (exact) mass is 456 g/mol. The van der Waals surface area contributed by atoms with Gasteiger partial charge in [0.2, 0.25) is 10.0 Å². The highest BCUT2D eigenvalue weighted by Gasteiger charge is 2.19. The van der Waals surface area contributed by atoms with E-state index in [4.69, 9.17) is 4.74 Å². The molecular weight excluding hydrogens is 431 g/mol. The number of hydrogen-bond acceptors (Lipinski definition) is 4. The molecule has 0 atom stereocenters. The summed E-state index contributed by atoms with van der Waals surface area (Å²) in [7, 11) is -3.79. The maximum atomic E-state index is 13.5. The Labute approximate surface area is 187 Å². The van der Waals surface area contributed by atoms with Crippen LogP contribution in [0.3, 0.4) is 0 Å². The van der Waals surface area contributed by atoms with Gasteiger partial charge in [-0.2, -0.15) is 0 Å². The molecular formula is C24H25FN2O4S. The number of ether oxygens (including phenoxy) is 1. The summed E-state index contributed by atoms with van der Waals surface area (Å²) in [4.78, 5) is 12.5. The van der Waals surface area contributed by atoms with Gasteiger partial charge in [-0.3, -0.25) is 4.79 Å². The van der Waals surface area contributed by atoms with Gasteiger partial charge >= 0.3 is 0 Å². The molecule has 168 valence electrons. The molecule has 0 aliphatic rings. The van der Waals surface area contributed by atoms with Crippen LogP contribution in [0, 0.1) is 12.7 Å². The van der Waals surface area contributed by atoms with Crippen molar-refractivity contribution in [1.82, 2.24) is 10.0 Å². The maximum Gasteiger partial charge on any atom is 0.251 e. The number of carbonyl (C=O) groups is 1. The van der Waals surface area contributed by atoms with Crippen molar-refractivity contribution in [2.45, 2.75) is 24.8 Å². The highest BCUT2D eigenvalue weighted by molar-refractivity contribution is 7.89. The SMILES string of the molecule is Cc1ccc(C(=O)NCCCOc2ccccc2F)cc1S(=O)(=O)NCc1ccccc1. The van der Waals surface area contributed by atoms with Crippen LogP contribution in [0.5, 0.6) is 5.75 Å². The van der Waals surface area contributed by atoms with Crippen molar-refractivity contribution in [1.29, 1.82) is 0 Å². The number of rotatable bonds is 10. The summed E-state index contributed by atoms with van der Waals surface area (Å²) in [5.74, 6) is -0.670. The fourth-order valence-corrected chi connectivity index (χ4v) is 4.29. The number of para-hydroxylation sites is 1. The molecule has 0 aliphatic carbocycles. The van der Waals surface area contributed by atoms with Gasteiger partial charge in [0, 0.05) is 18.7 Å². The summed E-state index contributed by atoms with van der Waals surface area (Å²) < 4.78 is 47.0. The first-order valence-electron chi connectivity index (χ1n) is 10.2. The Bertz CT molecular complexity index is 1170. The third-order valence-electron chi connectivity index (χ3n) is 4.75. The minimum Gasteiger partial charge on any atom is -0.490 e. The highest BCUT2D eigenvalue weighted by Crippen LogP contribution is 2.18. The highest BCUT2D eigenvalue weighted by atomic mass is 32.2. The van der Waals surface area contributed by atoms with Gasteiger partial charge in [-0.15, -0.1) is 0 Å². The lowest BCUT2D eigenvalue weighted by atomic mass is 10.1. The molecule has 32 heavy (non-hydrogen) atoms. The summed E-state index contributed by atoms with van der Waals surface area (Å²) in [6.07, 6.45) is 0.468. The van der Waals surface area contributed by atoms with Crippen molar-refractivity contribution < 1.29 is 22.3 Å². The molecule has 1 amide bonds. The zero-order valence-electron chi connectivity index (χ0n) is 17.7. The van der Waals surface area contributed by atoms with E-state index >= 15 is 0 Å². The minimum atomic E-state index is -3.79. The van der Waals surface area contributed by atoms with E-state index in [0.29, 0.717) is 18.5 Å². The zero-order valence-corrected chi connectivity index (χ0v) is 18.5. The average Bonchev–Trinajstić information content (AvgIpc) is 2.79. The van der Waals surface area contributed by atoms with Gasteiger partial charge in [0.05, 0.1) is 11.5 Å². The molecule has 0 unspecified atom stereocenters. The Hall–Kier alpha value is -3.23. The molecule has 3 rings (SSSR count). The van der Waals surface area contributed by atoms with Crippen molar-refractivity contribution >= 4 is 15.9 Å². The van der Waals surface area contributed by atoms with Crippen molar-refractivity contribution in [2.75, 3.05) is 13.2 Å². The first-order valence-corrected chi connectivity index (χ1v) is 11.6. The molecule has 0 radical (unpaired) electrons. The molecule has 0 aliphatic heterocycles. The molecule has 0 saturated heterocycles. The summed E-state index contributed by atoms with van der Waals surface area (Å²) >= 11 is 0. The second-order valence-corrected chi connectivity index (χ2v) is 8.91. The van der Waals surface area contributed by atoms with E-state index in [0.717, 1.165) is 5.56 Å². The third kappa shape index (κ3) is 6.38. The Morgan fingerprint density at radius 1 is 1.00 bits per heavy atom. The van der Waals surface area contributed by atoms with E-state index in [1.54, 1.807) is 31.2 Å². The van der Waals surface area contributed by atoms with Gasteiger partial charge in [-0.1, -0.05) is 48.5 Å². The van der Waals surface area contributed by atoms with Crippen molar-refractivity contribution in [3.63, 3.8) is 0 Å². The van der Waals surface area contributed by atoms with Crippen LogP contribution < -0.4 is 14.8 Å². The number of nitrogens with one attached hydrogen (secondary N) is 2. The van der Waals surface area contributed by atoms with Gasteiger partial charge in [0.25, 0.3) is 5.91 Å². The van der Waals surface area contributed by atoms with Gasteiger partial charge < -0.3 is 10.1 Å². The fourth-order valence-electron chi connectivity index (χ4n) is 3.00. The van der Waals surface area contributed by atoms with Crippen LogP contribution in [-0.4, -0.2) is 27.5 Å². The largest absolute Gasteiger partial charge is 0.490 e. The van der Waals surface area contributed by atoms with Gasteiger partial charge in [0.1, 0.15) is 0 Å². The van der Waals surface area contributed by atoms with Crippen LogP contribution in [0.4, 0.5) is 4.39 Å². The van der Waals surface area contributed by atoms with Crippen LogP contribution in [0.2, 0.25) is 0 Å². The number of aryl methyl sites for hydroxylation is 1. The minimum absolute atomic E-state index is 0.0592. The molecule has 3 aromatic rings. The van der Waals surface area contributed by atoms with E-state index in [1.807, 2.05) is 30.3 Å². The van der Waals surface area contributed by atoms with Crippen LogP contribution in [0.1, 0.15) is 27.9 Å². The molecule has 8 heteroatoms. The number of halogens is 1. The Morgan fingerprint density at radius 3 is 2.47 bits per heavy atom. The van der Waals surface area contributed by atoms with Crippen molar-refractivity contribution in [3.8, 4) is 5.75 Å². The van der Waals surface area contributed by atoms with E-state index < -0.39 is 21.7 Å².